The van der Waals surface area contributed by atoms with Crippen LogP contribution in [0.4, 0.5) is 5.69 Å². The van der Waals surface area contributed by atoms with Crippen LogP contribution in [-0.4, -0.2) is 56.4 Å². The Kier molecular flexibility index (Phi) is 9.24. The smallest absolute Gasteiger partial charge is 0.331 e. The van der Waals surface area contributed by atoms with Gasteiger partial charge in [-0.3, -0.25) is 0 Å². The number of ether oxygens (including phenoxy) is 3. The molecule has 0 bridgehead atoms. The Hall–Kier alpha value is -2.94. The topological polar surface area (TPSA) is 97.3 Å². The molecule has 0 saturated carbocycles. The molecule has 0 aliphatic heterocycles. The molecule has 33 heavy (non-hydrogen) atoms. The van der Waals surface area contributed by atoms with Crippen molar-refractivity contribution in [2.24, 2.45) is 5.16 Å². The zero-order valence-electron chi connectivity index (χ0n) is 19.6. The van der Waals surface area contributed by atoms with Gasteiger partial charge < -0.3 is 29.3 Å². The van der Waals surface area contributed by atoms with Crippen LogP contribution in [0.15, 0.2) is 41.6 Å². The van der Waals surface area contributed by atoms with Gasteiger partial charge in [-0.1, -0.05) is 11.2 Å². The first-order chi connectivity index (χ1) is 16.0. The third-order valence-electron chi connectivity index (χ3n) is 5.33. The van der Waals surface area contributed by atoms with Crippen LogP contribution in [0.3, 0.4) is 0 Å². The zero-order valence-corrected chi connectivity index (χ0v) is 19.6. The predicted octanol–water partition coefficient (Wildman–Crippen LogP) is 4.12. The minimum Gasteiger partial charge on any atom is -0.399 e. The van der Waals surface area contributed by atoms with Gasteiger partial charge in [0.05, 0.1) is 32.1 Å². The monoisotopic (exact) mass is 455 g/mol. The molecule has 8 heteroatoms. The van der Waals surface area contributed by atoms with Gasteiger partial charge in [0, 0.05) is 60.2 Å². The number of anilines is 1. The highest BCUT2D eigenvalue weighted by atomic mass is 16.7. The lowest BCUT2D eigenvalue weighted by Gasteiger charge is -2.09. The van der Waals surface area contributed by atoms with E-state index in [2.05, 4.69) is 34.8 Å². The number of nitrogen functional groups attached to an aromatic ring is 1. The van der Waals surface area contributed by atoms with E-state index in [0.717, 1.165) is 46.0 Å². The van der Waals surface area contributed by atoms with Gasteiger partial charge in [0.25, 0.3) is 0 Å². The highest BCUT2D eigenvalue weighted by Gasteiger charge is 2.13. The number of carbonyl (C=O) groups is 1. The van der Waals surface area contributed by atoms with Crippen LogP contribution < -0.4 is 5.73 Å². The van der Waals surface area contributed by atoms with E-state index in [-0.39, 0.29) is 0 Å². The molecule has 2 N–H and O–H groups in total. The van der Waals surface area contributed by atoms with Crippen molar-refractivity contribution < 1.29 is 23.8 Å². The summed E-state index contributed by atoms with van der Waals surface area (Å²) < 4.78 is 18.2. The maximum atomic E-state index is 11.4. The molecule has 2 aromatic carbocycles. The van der Waals surface area contributed by atoms with E-state index < -0.39 is 5.97 Å². The third-order valence-corrected chi connectivity index (χ3v) is 5.33. The molecule has 0 aliphatic rings. The normalized spacial score (nSPS) is 12.0. The summed E-state index contributed by atoms with van der Waals surface area (Å²) in [6, 6.07) is 12.2. The van der Waals surface area contributed by atoms with Crippen molar-refractivity contribution in [3.8, 4) is 0 Å². The SMILES string of the molecule is CCn1c2ccc(N)cc2c2cc(/C(CCCOCCOCCOC)=N/OC(C)=O)ccc21. The second-order valence-electron chi connectivity index (χ2n) is 7.69. The third kappa shape index (κ3) is 6.54. The maximum Gasteiger partial charge on any atom is 0.331 e. The average molecular weight is 456 g/mol. The van der Waals surface area contributed by atoms with Crippen molar-refractivity contribution in [1.29, 1.82) is 0 Å². The molecule has 1 aromatic heterocycles. The zero-order chi connectivity index (χ0) is 23.6. The van der Waals surface area contributed by atoms with Gasteiger partial charge in [-0.25, -0.2) is 4.79 Å². The van der Waals surface area contributed by atoms with Crippen molar-refractivity contribution in [2.45, 2.75) is 33.2 Å². The van der Waals surface area contributed by atoms with Gasteiger partial charge in [-0.05, 0) is 50.1 Å². The van der Waals surface area contributed by atoms with E-state index in [1.165, 1.54) is 6.92 Å². The highest BCUT2D eigenvalue weighted by molar-refractivity contribution is 6.12. The molecule has 0 saturated heterocycles. The Labute approximate surface area is 194 Å². The standard InChI is InChI=1S/C25H33N3O5/c1-4-28-24-9-7-19(16-21(24)22-17-20(26)8-10-25(22)28)23(27-33-18(2)29)6-5-11-31-14-15-32-13-12-30-3/h7-10,16-17H,4-6,11-15,26H2,1-3H3/b27-23+. The van der Waals surface area contributed by atoms with Gasteiger partial charge in [0.15, 0.2) is 0 Å². The van der Waals surface area contributed by atoms with Gasteiger partial charge in [-0.2, -0.15) is 0 Å². The number of rotatable bonds is 13. The number of benzene rings is 2. The Morgan fingerprint density at radius 3 is 2.33 bits per heavy atom. The molecule has 0 amide bonds. The summed E-state index contributed by atoms with van der Waals surface area (Å²) in [5, 5.41) is 6.32. The molecule has 0 aliphatic carbocycles. The van der Waals surface area contributed by atoms with Crippen molar-refractivity contribution >= 4 is 39.2 Å². The lowest BCUT2D eigenvalue weighted by molar-refractivity contribution is -0.140. The number of oxime groups is 1. The van der Waals surface area contributed by atoms with Crippen LogP contribution in [0.1, 0.15) is 32.3 Å². The van der Waals surface area contributed by atoms with Gasteiger partial charge in [-0.15, -0.1) is 0 Å². The molecule has 178 valence electrons. The number of nitrogens with two attached hydrogens (primary N) is 1. The molecular formula is C25H33N3O5. The van der Waals surface area contributed by atoms with Gasteiger partial charge >= 0.3 is 5.97 Å². The Morgan fingerprint density at radius 1 is 0.970 bits per heavy atom. The number of fused-ring (bicyclic) bond motifs is 3. The number of hydrogen-bond donors (Lipinski definition) is 1. The molecule has 0 unspecified atom stereocenters. The fourth-order valence-corrected chi connectivity index (χ4v) is 3.81. The summed E-state index contributed by atoms with van der Waals surface area (Å²) in [5.41, 5.74) is 10.7. The van der Waals surface area contributed by atoms with Crippen LogP contribution in [-0.2, 0) is 30.4 Å². The fourth-order valence-electron chi connectivity index (χ4n) is 3.81. The van der Waals surface area contributed by atoms with Crippen molar-refractivity contribution in [3.05, 3.63) is 42.0 Å². The van der Waals surface area contributed by atoms with E-state index >= 15 is 0 Å². The van der Waals surface area contributed by atoms with Crippen molar-refractivity contribution in [1.82, 2.24) is 4.57 Å². The summed E-state index contributed by atoms with van der Waals surface area (Å²) in [5.74, 6) is -0.451. The Bertz CT molecular complexity index is 1110. The van der Waals surface area contributed by atoms with Crippen molar-refractivity contribution in [2.75, 3.05) is 45.9 Å². The number of hydrogen-bond acceptors (Lipinski definition) is 7. The lowest BCUT2D eigenvalue weighted by atomic mass is 10.0. The lowest BCUT2D eigenvalue weighted by Crippen LogP contribution is -2.10. The first kappa shape index (κ1) is 24.7. The summed E-state index contributed by atoms with van der Waals surface area (Å²) >= 11 is 0. The summed E-state index contributed by atoms with van der Waals surface area (Å²) in [4.78, 5) is 16.4. The van der Waals surface area contributed by atoms with Crippen LogP contribution in [0.2, 0.25) is 0 Å². The van der Waals surface area contributed by atoms with Crippen LogP contribution in [0.25, 0.3) is 21.8 Å². The summed E-state index contributed by atoms with van der Waals surface area (Å²) in [7, 11) is 1.64. The Morgan fingerprint density at radius 2 is 1.64 bits per heavy atom. The second-order valence-corrected chi connectivity index (χ2v) is 7.69. The number of nitrogens with zero attached hydrogens (tertiary/aromatic N) is 2. The first-order valence-corrected chi connectivity index (χ1v) is 11.3. The minimum atomic E-state index is -0.451. The Balaban J connectivity index is 1.75. The van der Waals surface area contributed by atoms with E-state index in [9.17, 15) is 4.79 Å². The minimum absolute atomic E-state index is 0.451. The molecule has 3 rings (SSSR count). The first-order valence-electron chi connectivity index (χ1n) is 11.3. The van der Waals surface area contributed by atoms with E-state index in [4.69, 9.17) is 24.8 Å². The average Bonchev–Trinajstić information content (AvgIpc) is 3.11. The molecule has 0 fully saturated rings. The molecule has 1 heterocycles. The number of aromatic nitrogens is 1. The largest absolute Gasteiger partial charge is 0.399 e. The van der Waals surface area contributed by atoms with Crippen LogP contribution in [0, 0.1) is 0 Å². The quantitative estimate of drug-likeness (QED) is 0.137. The predicted molar refractivity (Wildman–Crippen MR) is 131 cm³/mol. The van der Waals surface area contributed by atoms with Gasteiger partial charge in [0.1, 0.15) is 0 Å². The fraction of sp³-hybridized carbons (Fsp3) is 0.440. The van der Waals surface area contributed by atoms with Crippen LogP contribution in [0.5, 0.6) is 0 Å². The molecule has 0 atom stereocenters. The number of aryl methyl sites for hydroxylation is 1. The van der Waals surface area contributed by atoms with E-state index in [0.29, 0.717) is 45.2 Å². The van der Waals surface area contributed by atoms with Gasteiger partial charge in [0.2, 0.25) is 0 Å². The van der Waals surface area contributed by atoms with E-state index in [1.54, 1.807) is 7.11 Å². The van der Waals surface area contributed by atoms with Crippen LogP contribution >= 0.6 is 0 Å². The molecule has 0 radical (unpaired) electrons. The molecule has 3 aromatic rings. The maximum absolute atomic E-state index is 11.4. The van der Waals surface area contributed by atoms with Crippen molar-refractivity contribution in [3.63, 3.8) is 0 Å². The molecular weight excluding hydrogens is 422 g/mol. The highest BCUT2D eigenvalue weighted by Crippen LogP contribution is 2.31. The number of carbonyl (C=O) groups excluding carboxylic acids is 1. The second kappa shape index (κ2) is 12.3. The summed E-state index contributed by atoms with van der Waals surface area (Å²) in [6.45, 7) is 7.05. The number of methoxy groups -OCH3 is 1. The molecule has 0 spiro atoms. The summed E-state index contributed by atoms with van der Waals surface area (Å²) in [6.07, 6.45) is 1.34. The van der Waals surface area contributed by atoms with E-state index in [1.807, 2.05) is 18.2 Å². The molecule has 8 nitrogen and oxygen atoms in total.